The van der Waals surface area contributed by atoms with Crippen LogP contribution in [0.2, 0.25) is 0 Å². The Morgan fingerprint density at radius 3 is 2.70 bits per heavy atom. The van der Waals surface area contributed by atoms with Crippen molar-refractivity contribution in [1.29, 1.82) is 0 Å². The van der Waals surface area contributed by atoms with E-state index in [0.29, 0.717) is 13.0 Å². The van der Waals surface area contributed by atoms with Crippen molar-refractivity contribution >= 4 is 30.7 Å². The zero-order valence-electron chi connectivity index (χ0n) is 15.3. The number of hydrogen-bond donors (Lipinski definition) is 1. The van der Waals surface area contributed by atoms with Crippen LogP contribution in [-0.4, -0.2) is 44.7 Å². The summed E-state index contributed by atoms with van der Waals surface area (Å²) in [5, 5.41) is 8.73. The summed E-state index contributed by atoms with van der Waals surface area (Å²) in [6.07, 6.45) is 4.81. The molecule has 1 aromatic heterocycles. The molecule has 0 bridgehead atoms. The lowest BCUT2D eigenvalue weighted by Gasteiger charge is -2.34. The Labute approximate surface area is 172 Å². The topological polar surface area (TPSA) is 77.0 Å². The summed E-state index contributed by atoms with van der Waals surface area (Å²) in [4.78, 5) is 14.7. The Hall–Kier alpha value is -1.63. The number of piperidine rings is 1. The van der Waals surface area contributed by atoms with Crippen LogP contribution < -0.4 is 5.73 Å². The molecule has 148 valence electrons. The number of fused-ring (bicyclic) bond motifs is 1. The predicted molar refractivity (Wildman–Crippen MR) is 110 cm³/mol. The normalized spacial score (nSPS) is 19.6. The molecule has 8 heteroatoms. The zero-order valence-corrected chi connectivity index (χ0v) is 16.9. The number of carbonyl (C=O) groups is 1. The summed E-state index contributed by atoms with van der Waals surface area (Å²) in [6, 6.07) is 9.50. The molecule has 1 aromatic carbocycles. The molecule has 2 atom stereocenters. The van der Waals surface area contributed by atoms with Gasteiger partial charge >= 0.3 is 0 Å². The second kappa shape index (κ2) is 9.53. The molecule has 0 aliphatic carbocycles. The summed E-state index contributed by atoms with van der Waals surface area (Å²) in [5.74, 6) is 2.48. The number of benzene rings is 1. The van der Waals surface area contributed by atoms with E-state index in [4.69, 9.17) is 5.73 Å². The van der Waals surface area contributed by atoms with Crippen molar-refractivity contribution in [2.75, 3.05) is 13.1 Å². The largest absolute Gasteiger partial charge is 0.341 e. The van der Waals surface area contributed by atoms with Crippen LogP contribution in [-0.2, 0) is 24.2 Å². The highest BCUT2D eigenvalue weighted by Gasteiger charge is 2.31. The van der Waals surface area contributed by atoms with E-state index in [1.165, 1.54) is 0 Å². The van der Waals surface area contributed by atoms with E-state index < -0.39 is 6.04 Å². The van der Waals surface area contributed by atoms with Gasteiger partial charge in [0, 0.05) is 32.0 Å². The maximum Gasteiger partial charge on any atom is 0.239 e. The third-order valence-electron chi connectivity index (χ3n) is 5.35. The van der Waals surface area contributed by atoms with Gasteiger partial charge in [-0.25, -0.2) is 0 Å². The summed E-state index contributed by atoms with van der Waals surface area (Å²) >= 11 is 0. The number of nitrogens with two attached hydrogens (primary N) is 1. The lowest BCUT2D eigenvalue weighted by molar-refractivity contribution is -0.133. The molecular formula is C19H27Cl2N5O. The molecule has 4 rings (SSSR count). The van der Waals surface area contributed by atoms with Gasteiger partial charge in [0.2, 0.25) is 5.91 Å². The first-order chi connectivity index (χ1) is 12.2. The molecule has 0 spiro atoms. The maximum absolute atomic E-state index is 12.8. The smallest absolute Gasteiger partial charge is 0.239 e. The van der Waals surface area contributed by atoms with Gasteiger partial charge in [-0.15, -0.1) is 35.0 Å². The van der Waals surface area contributed by atoms with Gasteiger partial charge in [-0.05, 0) is 31.2 Å². The van der Waals surface area contributed by atoms with E-state index in [0.717, 1.165) is 56.0 Å². The van der Waals surface area contributed by atoms with Gasteiger partial charge in [-0.1, -0.05) is 30.3 Å². The molecule has 0 radical (unpaired) electrons. The van der Waals surface area contributed by atoms with Gasteiger partial charge in [0.1, 0.15) is 11.6 Å². The van der Waals surface area contributed by atoms with Crippen molar-refractivity contribution in [1.82, 2.24) is 19.7 Å². The van der Waals surface area contributed by atoms with Gasteiger partial charge in [0.05, 0.1) is 6.04 Å². The molecule has 2 aromatic rings. The summed E-state index contributed by atoms with van der Waals surface area (Å²) in [6.45, 7) is 2.51. The van der Waals surface area contributed by atoms with Crippen molar-refractivity contribution in [3.63, 3.8) is 0 Å². The van der Waals surface area contributed by atoms with E-state index in [1.807, 2.05) is 35.2 Å². The van der Waals surface area contributed by atoms with Crippen LogP contribution in [0.4, 0.5) is 0 Å². The van der Waals surface area contributed by atoms with Gasteiger partial charge in [-0.2, -0.15) is 0 Å². The summed E-state index contributed by atoms with van der Waals surface area (Å²) in [7, 11) is 0. The first kappa shape index (κ1) is 21.7. The van der Waals surface area contributed by atoms with Crippen LogP contribution in [0.1, 0.15) is 42.4 Å². The Morgan fingerprint density at radius 2 is 1.93 bits per heavy atom. The molecule has 2 aliphatic rings. The number of carbonyl (C=O) groups excluding carboxylic acids is 1. The fraction of sp³-hybridized carbons (Fsp3) is 0.526. The van der Waals surface area contributed by atoms with Gasteiger partial charge in [0.25, 0.3) is 0 Å². The lowest BCUT2D eigenvalue weighted by Crippen LogP contribution is -2.48. The van der Waals surface area contributed by atoms with Crippen LogP contribution in [0.25, 0.3) is 0 Å². The van der Waals surface area contributed by atoms with Gasteiger partial charge < -0.3 is 15.2 Å². The Kier molecular flexibility index (Phi) is 7.65. The molecule has 6 nitrogen and oxygen atoms in total. The van der Waals surface area contributed by atoms with Crippen molar-refractivity contribution in [2.24, 2.45) is 5.73 Å². The first-order valence-corrected chi connectivity index (χ1v) is 9.22. The van der Waals surface area contributed by atoms with Crippen molar-refractivity contribution in [2.45, 2.75) is 50.6 Å². The number of rotatable bonds is 4. The Balaban J connectivity index is 0.00000131. The highest BCUT2D eigenvalue weighted by atomic mass is 35.5. The average molecular weight is 412 g/mol. The minimum absolute atomic E-state index is 0. The van der Waals surface area contributed by atoms with Crippen molar-refractivity contribution in [3.05, 3.63) is 47.5 Å². The minimum atomic E-state index is -0.481. The number of likely N-dealkylation sites (tertiary alicyclic amines) is 1. The highest BCUT2D eigenvalue weighted by molar-refractivity contribution is 5.85. The second-order valence-corrected chi connectivity index (χ2v) is 7.15. The van der Waals surface area contributed by atoms with Crippen LogP contribution in [0.5, 0.6) is 0 Å². The number of aryl methyl sites for hydroxylation is 1. The fourth-order valence-corrected chi connectivity index (χ4v) is 4.05. The van der Waals surface area contributed by atoms with E-state index >= 15 is 0 Å². The summed E-state index contributed by atoms with van der Waals surface area (Å²) < 4.78 is 2.25. The van der Waals surface area contributed by atoms with E-state index in [2.05, 4.69) is 14.8 Å². The Bertz CT molecular complexity index is 752. The van der Waals surface area contributed by atoms with Crippen LogP contribution in [0, 0.1) is 0 Å². The standard InChI is InChI=1S/C19H25N5O.2ClH/c20-16(12-14-6-2-1-3-7-14)19(25)23-10-4-8-15(13-23)18-22-21-17-9-5-11-24(17)18;;/h1-3,6-7,15-16H,4-5,8-13,20H2;2*1H. The third-order valence-corrected chi connectivity index (χ3v) is 5.35. The molecule has 1 fully saturated rings. The predicted octanol–water partition coefficient (Wildman–Crippen LogP) is 2.34. The Morgan fingerprint density at radius 1 is 1.15 bits per heavy atom. The average Bonchev–Trinajstić information content (AvgIpc) is 3.25. The third kappa shape index (κ3) is 4.62. The second-order valence-electron chi connectivity index (χ2n) is 7.15. The molecule has 2 N–H and O–H groups in total. The fourth-order valence-electron chi connectivity index (χ4n) is 4.05. The van der Waals surface area contributed by atoms with E-state index in [-0.39, 0.29) is 36.6 Å². The molecule has 1 amide bonds. The SMILES string of the molecule is Cl.Cl.NC(Cc1ccccc1)C(=O)N1CCCC(c2nnc3n2CCC3)C1. The molecule has 27 heavy (non-hydrogen) atoms. The van der Waals surface area contributed by atoms with Crippen molar-refractivity contribution < 1.29 is 4.79 Å². The summed E-state index contributed by atoms with van der Waals surface area (Å²) in [5.41, 5.74) is 7.31. The zero-order chi connectivity index (χ0) is 17.2. The molecule has 1 saturated heterocycles. The molecule has 3 heterocycles. The lowest BCUT2D eigenvalue weighted by atomic mass is 9.96. The molecule has 2 unspecified atom stereocenters. The van der Waals surface area contributed by atoms with Crippen LogP contribution in [0.3, 0.4) is 0 Å². The molecule has 0 saturated carbocycles. The van der Waals surface area contributed by atoms with E-state index in [9.17, 15) is 4.79 Å². The highest BCUT2D eigenvalue weighted by Crippen LogP contribution is 2.28. The van der Waals surface area contributed by atoms with Gasteiger partial charge in [-0.3, -0.25) is 4.79 Å². The quantitative estimate of drug-likeness (QED) is 0.837. The van der Waals surface area contributed by atoms with Crippen LogP contribution >= 0.6 is 24.8 Å². The molecule has 2 aliphatic heterocycles. The number of hydrogen-bond acceptors (Lipinski definition) is 4. The van der Waals surface area contributed by atoms with Gasteiger partial charge in [0.15, 0.2) is 0 Å². The maximum atomic E-state index is 12.8. The number of halogens is 2. The molecular weight excluding hydrogens is 385 g/mol. The van der Waals surface area contributed by atoms with Crippen molar-refractivity contribution in [3.8, 4) is 0 Å². The number of aromatic nitrogens is 3. The van der Waals surface area contributed by atoms with Crippen LogP contribution in [0.15, 0.2) is 30.3 Å². The number of amides is 1. The van der Waals surface area contributed by atoms with E-state index in [1.54, 1.807) is 0 Å². The first-order valence-electron chi connectivity index (χ1n) is 9.22. The minimum Gasteiger partial charge on any atom is -0.341 e. The number of nitrogens with zero attached hydrogens (tertiary/aromatic N) is 4. The monoisotopic (exact) mass is 411 g/mol.